The Morgan fingerprint density at radius 1 is 1.15 bits per heavy atom. The second-order valence-corrected chi connectivity index (χ2v) is 6.73. The van der Waals surface area contributed by atoms with Gasteiger partial charge in [0.25, 0.3) is 0 Å². The van der Waals surface area contributed by atoms with Gasteiger partial charge >= 0.3 is 5.97 Å². The smallest absolute Gasteiger partial charge is 0.328 e. The van der Waals surface area contributed by atoms with Gasteiger partial charge in [0.1, 0.15) is 17.6 Å². The second kappa shape index (κ2) is 9.82. The summed E-state index contributed by atoms with van der Waals surface area (Å²) in [4.78, 5) is 24.9. The first-order chi connectivity index (χ1) is 12.5. The molecule has 2 aromatic rings. The number of phenols is 1. The van der Waals surface area contributed by atoms with Crippen LogP contribution in [0.5, 0.6) is 5.75 Å². The van der Waals surface area contributed by atoms with Gasteiger partial charge in [0.15, 0.2) is 0 Å². The molecule has 0 aliphatic heterocycles. The number of benzene rings is 2. The van der Waals surface area contributed by atoms with E-state index in [2.05, 4.69) is 5.32 Å². The van der Waals surface area contributed by atoms with Crippen LogP contribution in [0, 0.1) is 5.82 Å². The van der Waals surface area contributed by atoms with Crippen LogP contribution >= 0.6 is 11.8 Å². The van der Waals surface area contributed by atoms with E-state index in [9.17, 15) is 19.1 Å². The van der Waals surface area contributed by atoms with E-state index in [-0.39, 0.29) is 30.3 Å². The average molecular weight is 377 g/mol. The predicted molar refractivity (Wildman–Crippen MR) is 97.5 cm³/mol. The van der Waals surface area contributed by atoms with Gasteiger partial charge < -0.3 is 15.2 Å². The molecular weight excluding hydrogens is 357 g/mol. The van der Waals surface area contributed by atoms with Gasteiger partial charge in [-0.25, -0.2) is 9.18 Å². The molecule has 0 heterocycles. The number of amides is 1. The van der Waals surface area contributed by atoms with E-state index < -0.39 is 12.0 Å². The van der Waals surface area contributed by atoms with Crippen molar-refractivity contribution in [3.05, 3.63) is 59.9 Å². The first-order valence-corrected chi connectivity index (χ1v) is 9.00. The average Bonchev–Trinajstić information content (AvgIpc) is 2.64. The van der Waals surface area contributed by atoms with Crippen LogP contribution in [0.1, 0.15) is 12.0 Å². The summed E-state index contributed by atoms with van der Waals surface area (Å²) in [6.07, 6.45) is 0.481. The minimum Gasteiger partial charge on any atom is -0.508 e. The number of aromatic hydroxyl groups is 1. The SMILES string of the molecule is COC(=O)[C@@H](Cc1ccc(O)cc1)NC(=O)CCSc1ccc(F)cc1. The maximum absolute atomic E-state index is 12.9. The lowest BCUT2D eigenvalue weighted by Gasteiger charge is -2.16. The molecule has 0 unspecified atom stereocenters. The Morgan fingerprint density at radius 2 is 1.81 bits per heavy atom. The van der Waals surface area contributed by atoms with Crippen LogP contribution in [0.15, 0.2) is 53.4 Å². The highest BCUT2D eigenvalue weighted by atomic mass is 32.2. The number of carbonyl (C=O) groups is 2. The molecule has 0 aliphatic carbocycles. The number of hydrogen-bond acceptors (Lipinski definition) is 5. The van der Waals surface area contributed by atoms with Gasteiger partial charge in [-0.05, 0) is 42.0 Å². The molecule has 5 nitrogen and oxygen atoms in total. The topological polar surface area (TPSA) is 75.6 Å². The summed E-state index contributed by atoms with van der Waals surface area (Å²) in [7, 11) is 1.27. The van der Waals surface area contributed by atoms with Crippen molar-refractivity contribution in [3.63, 3.8) is 0 Å². The number of nitrogens with one attached hydrogen (secondary N) is 1. The van der Waals surface area contributed by atoms with Gasteiger partial charge in [-0.1, -0.05) is 12.1 Å². The molecule has 0 saturated heterocycles. The number of phenolic OH excluding ortho intramolecular Hbond substituents is 1. The summed E-state index contributed by atoms with van der Waals surface area (Å²) in [6.45, 7) is 0. The largest absolute Gasteiger partial charge is 0.508 e. The Labute approximate surface area is 155 Å². The van der Waals surface area contributed by atoms with Crippen molar-refractivity contribution < 1.29 is 23.8 Å². The van der Waals surface area contributed by atoms with E-state index in [1.165, 1.54) is 43.1 Å². The summed E-state index contributed by atoms with van der Waals surface area (Å²) in [5.41, 5.74) is 0.791. The Bertz CT molecular complexity index is 734. The minimum absolute atomic E-state index is 0.130. The first-order valence-electron chi connectivity index (χ1n) is 8.01. The molecule has 0 saturated carbocycles. The van der Waals surface area contributed by atoms with E-state index in [0.29, 0.717) is 5.75 Å². The highest BCUT2D eigenvalue weighted by Crippen LogP contribution is 2.19. The van der Waals surface area contributed by atoms with E-state index in [0.717, 1.165) is 10.5 Å². The third-order valence-corrected chi connectivity index (χ3v) is 4.62. The number of methoxy groups -OCH3 is 1. The maximum Gasteiger partial charge on any atom is 0.328 e. The number of hydrogen-bond donors (Lipinski definition) is 2. The third-order valence-electron chi connectivity index (χ3n) is 3.61. The van der Waals surface area contributed by atoms with Crippen LogP contribution < -0.4 is 5.32 Å². The zero-order valence-electron chi connectivity index (χ0n) is 14.3. The quantitative estimate of drug-likeness (QED) is 0.546. The molecule has 0 fully saturated rings. The number of esters is 1. The van der Waals surface area contributed by atoms with Crippen LogP contribution in [-0.4, -0.2) is 35.9 Å². The van der Waals surface area contributed by atoms with Crippen LogP contribution in [0.2, 0.25) is 0 Å². The Kier molecular flexibility index (Phi) is 7.47. The fourth-order valence-corrected chi connectivity index (χ4v) is 3.11. The molecule has 0 spiro atoms. The zero-order chi connectivity index (χ0) is 18.9. The van der Waals surface area contributed by atoms with Crippen LogP contribution in [-0.2, 0) is 20.7 Å². The minimum atomic E-state index is -0.798. The highest BCUT2D eigenvalue weighted by Gasteiger charge is 2.21. The summed E-state index contributed by atoms with van der Waals surface area (Å²) in [5, 5.41) is 12.0. The van der Waals surface area contributed by atoms with Gasteiger partial charge in [0, 0.05) is 23.5 Å². The summed E-state index contributed by atoms with van der Waals surface area (Å²) < 4.78 is 17.6. The Hall–Kier alpha value is -2.54. The molecule has 26 heavy (non-hydrogen) atoms. The van der Waals surface area contributed by atoms with Crippen molar-refractivity contribution in [3.8, 4) is 5.75 Å². The van der Waals surface area contributed by atoms with E-state index >= 15 is 0 Å². The van der Waals surface area contributed by atoms with Crippen LogP contribution in [0.4, 0.5) is 4.39 Å². The van der Waals surface area contributed by atoms with Gasteiger partial charge in [-0.3, -0.25) is 4.79 Å². The van der Waals surface area contributed by atoms with Gasteiger partial charge in [0.2, 0.25) is 5.91 Å². The van der Waals surface area contributed by atoms with Gasteiger partial charge in [-0.2, -0.15) is 0 Å². The van der Waals surface area contributed by atoms with Crippen molar-refractivity contribution in [1.29, 1.82) is 0 Å². The van der Waals surface area contributed by atoms with Gasteiger partial charge in [-0.15, -0.1) is 11.8 Å². The lowest BCUT2D eigenvalue weighted by Crippen LogP contribution is -2.43. The van der Waals surface area contributed by atoms with Gasteiger partial charge in [0.05, 0.1) is 7.11 Å². The van der Waals surface area contributed by atoms with Crippen molar-refractivity contribution >= 4 is 23.6 Å². The fourth-order valence-electron chi connectivity index (χ4n) is 2.26. The monoisotopic (exact) mass is 377 g/mol. The van der Waals surface area contributed by atoms with Crippen LogP contribution in [0.25, 0.3) is 0 Å². The first kappa shape index (κ1) is 19.8. The molecule has 0 aliphatic rings. The molecule has 0 aromatic heterocycles. The Balaban J connectivity index is 1.86. The molecule has 2 rings (SSSR count). The van der Waals surface area contributed by atoms with Crippen molar-refractivity contribution in [2.45, 2.75) is 23.8 Å². The van der Waals surface area contributed by atoms with E-state index in [1.807, 2.05) is 0 Å². The Morgan fingerprint density at radius 3 is 2.42 bits per heavy atom. The van der Waals surface area contributed by atoms with Crippen molar-refractivity contribution in [2.75, 3.05) is 12.9 Å². The summed E-state index contributed by atoms with van der Waals surface area (Å²) in [5.74, 6) is -0.469. The van der Waals surface area contributed by atoms with Crippen molar-refractivity contribution in [1.82, 2.24) is 5.32 Å². The fraction of sp³-hybridized carbons (Fsp3) is 0.263. The number of thioether (sulfide) groups is 1. The lowest BCUT2D eigenvalue weighted by atomic mass is 10.1. The normalized spacial score (nSPS) is 11.6. The molecule has 2 aromatic carbocycles. The number of halogens is 1. The molecule has 138 valence electrons. The number of carbonyl (C=O) groups excluding carboxylic acids is 2. The molecule has 0 bridgehead atoms. The molecule has 1 atom stereocenters. The van der Waals surface area contributed by atoms with Crippen molar-refractivity contribution in [2.24, 2.45) is 0 Å². The molecule has 2 N–H and O–H groups in total. The summed E-state index contributed by atoms with van der Waals surface area (Å²) >= 11 is 1.43. The van der Waals surface area contributed by atoms with E-state index in [4.69, 9.17) is 4.74 Å². The predicted octanol–water partition coefficient (Wildman–Crippen LogP) is 2.91. The van der Waals surface area contributed by atoms with Crippen LogP contribution in [0.3, 0.4) is 0 Å². The number of ether oxygens (including phenoxy) is 1. The highest BCUT2D eigenvalue weighted by molar-refractivity contribution is 7.99. The summed E-state index contributed by atoms with van der Waals surface area (Å²) in [6, 6.07) is 11.6. The van der Waals surface area contributed by atoms with E-state index in [1.54, 1.807) is 24.3 Å². The molecule has 0 radical (unpaired) electrons. The molecule has 7 heteroatoms. The third kappa shape index (κ3) is 6.40. The molecular formula is C19H20FNO4S. The maximum atomic E-state index is 12.9. The zero-order valence-corrected chi connectivity index (χ0v) is 15.1. The second-order valence-electron chi connectivity index (χ2n) is 5.57. The molecule has 1 amide bonds. The standard InChI is InChI=1S/C19H20FNO4S/c1-25-19(24)17(12-13-2-6-15(22)7-3-13)21-18(23)10-11-26-16-8-4-14(20)5-9-16/h2-9,17,22H,10-12H2,1H3,(H,21,23)/t17-/m1/s1. The lowest BCUT2D eigenvalue weighted by molar-refractivity contribution is -0.145. The number of rotatable bonds is 8.